The van der Waals surface area contributed by atoms with Crippen LogP contribution in [0.5, 0.6) is 0 Å². The van der Waals surface area contributed by atoms with Gasteiger partial charge in [0, 0.05) is 28.4 Å². The first-order chi connectivity index (χ1) is 13.8. The lowest BCUT2D eigenvalue weighted by molar-refractivity contribution is 0.466. The minimum absolute atomic E-state index is 0.298. The minimum Gasteiger partial charge on any atom is -0.444 e. The Balaban J connectivity index is 1.30. The number of H-pyrrole nitrogens is 1. The summed E-state index contributed by atoms with van der Waals surface area (Å²) in [5, 5.41) is 9.73. The van der Waals surface area contributed by atoms with Crippen molar-refractivity contribution in [2.75, 3.05) is 0 Å². The lowest BCUT2D eigenvalue weighted by Crippen LogP contribution is -1.83. The lowest BCUT2D eigenvalue weighted by Gasteiger charge is -1.94. The number of halogens is 1. The summed E-state index contributed by atoms with van der Waals surface area (Å²) in [5.41, 5.74) is 3.34. The minimum atomic E-state index is -0.298. The van der Waals surface area contributed by atoms with Gasteiger partial charge in [-0.05, 0) is 30.3 Å². The maximum Gasteiger partial charge on any atom is 0.277 e. The average molecular weight is 392 g/mol. The van der Waals surface area contributed by atoms with Crippen LogP contribution >= 0.6 is 11.8 Å². The van der Waals surface area contributed by atoms with Gasteiger partial charge in [0.05, 0.1) is 11.3 Å². The number of nitrogens with one attached hydrogen (secondary N) is 1. The second-order valence-corrected chi connectivity index (χ2v) is 6.99. The van der Waals surface area contributed by atoms with E-state index in [1.165, 1.54) is 23.9 Å². The maximum absolute atomic E-state index is 13.0. The van der Waals surface area contributed by atoms with E-state index >= 15 is 0 Å². The van der Waals surface area contributed by atoms with Gasteiger partial charge in [0.2, 0.25) is 5.89 Å². The maximum atomic E-state index is 13.0. The number of aromatic amines is 1. The van der Waals surface area contributed by atoms with Gasteiger partial charge in [0.15, 0.2) is 0 Å². The summed E-state index contributed by atoms with van der Waals surface area (Å²) in [6.45, 7) is 0. The standard InChI is InChI=1S/C20H13FN4O2S/c21-13-7-5-12(6-8-13)18-23-14(10-26-18)11-28-20-25-24-19(27-20)16-9-22-17-4-2-1-3-15(16)17/h1-10,22H,11H2. The number of para-hydroxylation sites is 1. The Labute approximate surface area is 162 Å². The van der Waals surface area contributed by atoms with E-state index in [1.807, 2.05) is 30.5 Å². The van der Waals surface area contributed by atoms with Gasteiger partial charge in [-0.1, -0.05) is 30.0 Å². The normalized spacial score (nSPS) is 11.3. The van der Waals surface area contributed by atoms with Gasteiger partial charge < -0.3 is 13.8 Å². The number of aromatic nitrogens is 4. The SMILES string of the molecule is Fc1ccc(-c2nc(CSc3nnc(-c4c[nH]c5ccccc45)o3)co2)cc1. The molecule has 3 aromatic heterocycles. The van der Waals surface area contributed by atoms with Gasteiger partial charge in [-0.25, -0.2) is 9.37 Å². The molecular formula is C20H13FN4O2S. The molecule has 0 amide bonds. The zero-order valence-corrected chi connectivity index (χ0v) is 15.2. The number of hydrogen-bond acceptors (Lipinski definition) is 6. The lowest BCUT2D eigenvalue weighted by atomic mass is 10.2. The van der Waals surface area contributed by atoms with E-state index in [2.05, 4.69) is 20.2 Å². The molecule has 0 spiro atoms. The van der Waals surface area contributed by atoms with Crippen LogP contribution in [-0.2, 0) is 5.75 Å². The molecule has 3 heterocycles. The van der Waals surface area contributed by atoms with Crippen LogP contribution in [0.2, 0.25) is 0 Å². The van der Waals surface area contributed by atoms with Crippen molar-refractivity contribution in [2.24, 2.45) is 0 Å². The largest absolute Gasteiger partial charge is 0.444 e. The molecule has 5 aromatic rings. The molecule has 0 aliphatic rings. The van der Waals surface area contributed by atoms with Crippen LogP contribution in [0.3, 0.4) is 0 Å². The summed E-state index contributed by atoms with van der Waals surface area (Å²) in [6, 6.07) is 13.9. The number of fused-ring (bicyclic) bond motifs is 1. The topological polar surface area (TPSA) is 80.7 Å². The van der Waals surface area contributed by atoms with E-state index in [-0.39, 0.29) is 5.82 Å². The molecule has 0 saturated heterocycles. The molecule has 28 heavy (non-hydrogen) atoms. The Bertz CT molecular complexity index is 1240. The molecule has 0 bridgehead atoms. The van der Waals surface area contributed by atoms with E-state index in [0.717, 1.165) is 27.7 Å². The van der Waals surface area contributed by atoms with Crippen LogP contribution in [0.25, 0.3) is 33.8 Å². The summed E-state index contributed by atoms with van der Waals surface area (Å²) >= 11 is 1.38. The third kappa shape index (κ3) is 3.18. The second-order valence-electron chi connectivity index (χ2n) is 6.06. The van der Waals surface area contributed by atoms with Crippen molar-refractivity contribution in [2.45, 2.75) is 11.0 Å². The van der Waals surface area contributed by atoms with Crippen LogP contribution in [0.4, 0.5) is 4.39 Å². The van der Waals surface area contributed by atoms with Crippen molar-refractivity contribution in [1.82, 2.24) is 20.2 Å². The van der Waals surface area contributed by atoms with Crippen molar-refractivity contribution >= 4 is 22.7 Å². The van der Waals surface area contributed by atoms with Gasteiger partial charge in [-0.15, -0.1) is 10.2 Å². The molecule has 0 unspecified atom stereocenters. The van der Waals surface area contributed by atoms with E-state index in [1.54, 1.807) is 18.4 Å². The molecule has 0 atom stereocenters. The first-order valence-corrected chi connectivity index (χ1v) is 9.48. The molecule has 0 fully saturated rings. The van der Waals surface area contributed by atoms with Crippen molar-refractivity contribution in [1.29, 1.82) is 0 Å². The second kappa shape index (κ2) is 6.97. The highest BCUT2D eigenvalue weighted by molar-refractivity contribution is 7.98. The predicted octanol–water partition coefficient (Wildman–Crippen LogP) is 5.30. The third-order valence-electron chi connectivity index (χ3n) is 4.21. The van der Waals surface area contributed by atoms with Crippen LogP contribution < -0.4 is 0 Å². The molecular weight excluding hydrogens is 379 g/mol. The Morgan fingerprint density at radius 2 is 1.86 bits per heavy atom. The first-order valence-electron chi connectivity index (χ1n) is 8.49. The molecule has 1 N–H and O–H groups in total. The van der Waals surface area contributed by atoms with Crippen LogP contribution in [0, 0.1) is 5.82 Å². The highest BCUT2D eigenvalue weighted by Crippen LogP contribution is 2.30. The van der Waals surface area contributed by atoms with E-state index in [0.29, 0.717) is 22.8 Å². The van der Waals surface area contributed by atoms with E-state index in [4.69, 9.17) is 8.83 Å². The summed E-state index contributed by atoms with van der Waals surface area (Å²) < 4.78 is 24.3. The fourth-order valence-electron chi connectivity index (χ4n) is 2.86. The molecule has 0 aliphatic heterocycles. The number of benzene rings is 2. The predicted molar refractivity (Wildman–Crippen MR) is 103 cm³/mol. The number of hydrogen-bond donors (Lipinski definition) is 1. The third-order valence-corrected chi connectivity index (χ3v) is 5.06. The fraction of sp³-hybridized carbons (Fsp3) is 0.0500. The van der Waals surface area contributed by atoms with Gasteiger partial charge in [-0.3, -0.25) is 0 Å². The number of thioether (sulfide) groups is 1. The smallest absolute Gasteiger partial charge is 0.277 e. The Kier molecular flexibility index (Phi) is 4.17. The zero-order valence-electron chi connectivity index (χ0n) is 14.4. The van der Waals surface area contributed by atoms with Crippen LogP contribution in [0.1, 0.15) is 5.69 Å². The highest BCUT2D eigenvalue weighted by Gasteiger charge is 2.14. The van der Waals surface area contributed by atoms with Gasteiger partial charge in [0.1, 0.15) is 12.1 Å². The van der Waals surface area contributed by atoms with Gasteiger partial charge in [0.25, 0.3) is 11.1 Å². The molecule has 8 heteroatoms. The molecule has 138 valence electrons. The summed E-state index contributed by atoms with van der Waals surface area (Å²) in [6.07, 6.45) is 3.43. The molecule has 0 aliphatic carbocycles. The average Bonchev–Trinajstić information content (AvgIpc) is 3.46. The Morgan fingerprint density at radius 3 is 2.75 bits per heavy atom. The van der Waals surface area contributed by atoms with Crippen molar-refractivity contribution in [3.05, 3.63) is 72.5 Å². The fourth-order valence-corrected chi connectivity index (χ4v) is 3.50. The Morgan fingerprint density at radius 1 is 1.00 bits per heavy atom. The van der Waals surface area contributed by atoms with E-state index in [9.17, 15) is 4.39 Å². The monoisotopic (exact) mass is 392 g/mol. The zero-order chi connectivity index (χ0) is 18.9. The number of rotatable bonds is 5. The molecule has 6 nitrogen and oxygen atoms in total. The first kappa shape index (κ1) is 16.8. The molecule has 5 rings (SSSR count). The summed E-state index contributed by atoms with van der Waals surface area (Å²) in [7, 11) is 0. The quantitative estimate of drug-likeness (QED) is 0.409. The van der Waals surface area contributed by atoms with Gasteiger partial charge >= 0.3 is 0 Å². The molecule has 0 saturated carbocycles. The molecule has 0 radical (unpaired) electrons. The van der Waals surface area contributed by atoms with Crippen LogP contribution in [0.15, 0.2) is 75.0 Å². The van der Waals surface area contributed by atoms with E-state index < -0.39 is 0 Å². The molecule has 2 aromatic carbocycles. The highest BCUT2D eigenvalue weighted by atomic mass is 32.2. The van der Waals surface area contributed by atoms with Crippen molar-refractivity contribution < 1.29 is 13.2 Å². The van der Waals surface area contributed by atoms with Crippen molar-refractivity contribution in [3.8, 4) is 22.9 Å². The summed E-state index contributed by atoms with van der Waals surface area (Å²) in [5.74, 6) is 1.13. The van der Waals surface area contributed by atoms with Crippen LogP contribution in [-0.4, -0.2) is 20.2 Å². The Hall–Kier alpha value is -3.39. The number of oxazole rings is 1. The summed E-state index contributed by atoms with van der Waals surface area (Å²) in [4.78, 5) is 7.61. The van der Waals surface area contributed by atoms with Gasteiger partial charge in [-0.2, -0.15) is 0 Å². The number of nitrogens with zero attached hydrogens (tertiary/aromatic N) is 3. The van der Waals surface area contributed by atoms with Crippen molar-refractivity contribution in [3.63, 3.8) is 0 Å².